The zero-order valence-corrected chi connectivity index (χ0v) is 9.55. The van der Waals surface area contributed by atoms with E-state index in [0.29, 0.717) is 0 Å². The Kier molecular flexibility index (Phi) is 3.23. The number of thioether (sulfide) groups is 1. The molecule has 1 aromatic heterocycles. The van der Waals surface area contributed by atoms with E-state index in [2.05, 4.69) is 15.3 Å². The van der Waals surface area contributed by atoms with Crippen molar-refractivity contribution in [2.45, 2.75) is 23.6 Å². The maximum atomic E-state index is 10.4. The maximum Gasteiger partial charge on any atom is 0.187 e. The maximum absolute atomic E-state index is 10.4. The fourth-order valence-electron chi connectivity index (χ4n) is 1.79. The van der Waals surface area contributed by atoms with Crippen molar-refractivity contribution < 1.29 is 5.11 Å². The first kappa shape index (κ1) is 10.9. The van der Waals surface area contributed by atoms with Crippen LogP contribution in [0.4, 0.5) is 0 Å². The van der Waals surface area contributed by atoms with Crippen LogP contribution in [0.5, 0.6) is 0 Å². The van der Waals surface area contributed by atoms with Crippen molar-refractivity contribution in [2.75, 3.05) is 19.3 Å². The van der Waals surface area contributed by atoms with Gasteiger partial charge in [-0.2, -0.15) is 0 Å². The van der Waals surface area contributed by atoms with E-state index in [4.69, 9.17) is 0 Å². The van der Waals surface area contributed by atoms with Crippen LogP contribution in [0.15, 0.2) is 17.4 Å². The number of hydrogen-bond acceptors (Lipinski definition) is 5. The van der Waals surface area contributed by atoms with Crippen LogP contribution in [0.2, 0.25) is 0 Å². The molecule has 0 spiro atoms. The molecule has 0 unspecified atom stereocenters. The monoisotopic (exact) mass is 225 g/mol. The van der Waals surface area contributed by atoms with E-state index < -0.39 is 5.60 Å². The van der Waals surface area contributed by atoms with Crippen LogP contribution < -0.4 is 5.32 Å². The number of nitrogens with zero attached hydrogens (tertiary/aromatic N) is 2. The van der Waals surface area contributed by atoms with Crippen molar-refractivity contribution in [3.63, 3.8) is 0 Å². The third kappa shape index (κ3) is 2.30. The molecule has 2 rings (SSSR count). The van der Waals surface area contributed by atoms with Gasteiger partial charge in [0, 0.05) is 6.20 Å². The van der Waals surface area contributed by atoms with Crippen molar-refractivity contribution in [1.29, 1.82) is 0 Å². The summed E-state index contributed by atoms with van der Waals surface area (Å²) in [5.41, 5.74) is -0.0121. The van der Waals surface area contributed by atoms with Gasteiger partial charge in [-0.3, -0.25) is 0 Å². The first-order valence-corrected chi connectivity index (χ1v) is 6.28. The third-order valence-corrected chi connectivity index (χ3v) is 3.29. The predicted octanol–water partition coefficient (Wildman–Crippen LogP) is 0.769. The van der Waals surface area contributed by atoms with Crippen molar-refractivity contribution in [3.8, 4) is 0 Å². The molecule has 4 nitrogen and oxygen atoms in total. The zero-order valence-electron chi connectivity index (χ0n) is 8.73. The smallest absolute Gasteiger partial charge is 0.187 e. The Morgan fingerprint density at radius 2 is 2.20 bits per heavy atom. The summed E-state index contributed by atoms with van der Waals surface area (Å²) < 4.78 is 0. The van der Waals surface area contributed by atoms with Gasteiger partial charge in [0.05, 0.1) is 5.69 Å². The number of aromatic nitrogens is 2. The lowest BCUT2D eigenvalue weighted by Gasteiger charge is -2.31. The van der Waals surface area contributed by atoms with Gasteiger partial charge in [0.15, 0.2) is 5.16 Å². The summed E-state index contributed by atoms with van der Waals surface area (Å²) >= 11 is 1.50. The molecule has 0 atom stereocenters. The van der Waals surface area contributed by atoms with E-state index >= 15 is 0 Å². The van der Waals surface area contributed by atoms with Crippen LogP contribution in [0.1, 0.15) is 18.5 Å². The Balaban J connectivity index is 2.26. The van der Waals surface area contributed by atoms with Crippen LogP contribution in [0.25, 0.3) is 0 Å². The normalized spacial score (nSPS) is 20.1. The molecule has 0 aromatic carbocycles. The third-order valence-electron chi connectivity index (χ3n) is 2.72. The van der Waals surface area contributed by atoms with Crippen molar-refractivity contribution in [3.05, 3.63) is 18.0 Å². The highest BCUT2D eigenvalue weighted by Crippen LogP contribution is 2.29. The summed E-state index contributed by atoms with van der Waals surface area (Å²) in [7, 11) is 0. The van der Waals surface area contributed by atoms with Gasteiger partial charge in [-0.1, -0.05) is 11.8 Å². The molecule has 82 valence electrons. The number of hydrogen-bond donors (Lipinski definition) is 2. The van der Waals surface area contributed by atoms with Crippen LogP contribution >= 0.6 is 11.8 Å². The van der Waals surface area contributed by atoms with Gasteiger partial charge in [0.2, 0.25) is 0 Å². The highest BCUT2D eigenvalue weighted by atomic mass is 32.2. The molecule has 0 bridgehead atoms. The Morgan fingerprint density at radius 1 is 1.47 bits per heavy atom. The topological polar surface area (TPSA) is 58.0 Å². The van der Waals surface area contributed by atoms with E-state index in [9.17, 15) is 5.11 Å². The molecular weight excluding hydrogens is 210 g/mol. The second kappa shape index (κ2) is 4.47. The summed E-state index contributed by atoms with van der Waals surface area (Å²) in [5.74, 6) is 0. The Bertz CT molecular complexity index is 339. The molecule has 0 aliphatic carbocycles. The molecule has 0 saturated carbocycles. The predicted molar refractivity (Wildman–Crippen MR) is 59.8 cm³/mol. The summed E-state index contributed by atoms with van der Waals surface area (Å²) in [6.07, 6.45) is 5.09. The summed E-state index contributed by atoms with van der Waals surface area (Å²) in [4.78, 5) is 8.47. The van der Waals surface area contributed by atoms with Gasteiger partial charge in [-0.05, 0) is 38.3 Å². The lowest BCUT2D eigenvalue weighted by molar-refractivity contribution is 0.00118. The van der Waals surface area contributed by atoms with Crippen molar-refractivity contribution in [1.82, 2.24) is 15.3 Å². The van der Waals surface area contributed by atoms with Gasteiger partial charge in [-0.15, -0.1) is 0 Å². The molecule has 5 heteroatoms. The molecule has 15 heavy (non-hydrogen) atoms. The van der Waals surface area contributed by atoms with Gasteiger partial charge in [-0.25, -0.2) is 9.97 Å². The van der Waals surface area contributed by atoms with Crippen molar-refractivity contribution in [2.24, 2.45) is 0 Å². The van der Waals surface area contributed by atoms with E-state index in [-0.39, 0.29) is 0 Å². The number of rotatable bonds is 2. The molecule has 1 aromatic rings. The van der Waals surface area contributed by atoms with E-state index in [0.717, 1.165) is 36.8 Å². The summed E-state index contributed by atoms with van der Waals surface area (Å²) in [6, 6.07) is 1.81. The average Bonchev–Trinajstić information content (AvgIpc) is 2.30. The van der Waals surface area contributed by atoms with E-state index in [1.165, 1.54) is 11.8 Å². The van der Waals surface area contributed by atoms with Crippen LogP contribution in [0.3, 0.4) is 0 Å². The van der Waals surface area contributed by atoms with Gasteiger partial charge >= 0.3 is 0 Å². The fraction of sp³-hybridized carbons (Fsp3) is 0.600. The summed E-state index contributed by atoms with van der Waals surface area (Å²) in [5, 5.41) is 14.4. The standard InChI is InChI=1S/C10H15N3OS/c1-15-9-12-5-2-8(13-9)10(14)3-6-11-7-4-10/h2,5,11,14H,3-4,6-7H2,1H3. The first-order chi connectivity index (χ1) is 7.24. The molecule has 1 saturated heterocycles. The van der Waals surface area contributed by atoms with E-state index in [1.807, 2.05) is 12.3 Å². The fourth-order valence-corrected chi connectivity index (χ4v) is 2.15. The minimum absolute atomic E-state index is 0.720. The minimum Gasteiger partial charge on any atom is -0.383 e. The van der Waals surface area contributed by atoms with Crippen LogP contribution in [0, 0.1) is 0 Å². The quantitative estimate of drug-likeness (QED) is 0.575. The second-order valence-electron chi connectivity index (χ2n) is 3.71. The number of aliphatic hydroxyl groups is 1. The molecule has 2 N–H and O–H groups in total. The highest BCUT2D eigenvalue weighted by Gasteiger charge is 2.32. The largest absolute Gasteiger partial charge is 0.383 e. The average molecular weight is 225 g/mol. The van der Waals surface area contributed by atoms with Crippen LogP contribution in [-0.2, 0) is 5.60 Å². The second-order valence-corrected chi connectivity index (χ2v) is 4.48. The first-order valence-electron chi connectivity index (χ1n) is 5.05. The van der Waals surface area contributed by atoms with Gasteiger partial charge in [0.1, 0.15) is 5.60 Å². The van der Waals surface area contributed by atoms with Gasteiger partial charge < -0.3 is 10.4 Å². The lowest BCUT2D eigenvalue weighted by Crippen LogP contribution is -2.40. The number of piperidine rings is 1. The Labute approximate surface area is 93.5 Å². The van der Waals surface area contributed by atoms with Crippen LogP contribution in [-0.4, -0.2) is 34.4 Å². The summed E-state index contributed by atoms with van der Waals surface area (Å²) in [6.45, 7) is 1.68. The molecular formula is C10H15N3OS. The SMILES string of the molecule is CSc1nccc(C2(O)CCNCC2)n1. The molecule has 1 aliphatic rings. The molecule has 1 fully saturated rings. The lowest BCUT2D eigenvalue weighted by atomic mass is 9.89. The number of nitrogens with one attached hydrogen (secondary N) is 1. The van der Waals surface area contributed by atoms with Gasteiger partial charge in [0.25, 0.3) is 0 Å². The molecule has 0 radical (unpaired) electrons. The van der Waals surface area contributed by atoms with E-state index in [1.54, 1.807) is 6.20 Å². The van der Waals surface area contributed by atoms with Crippen molar-refractivity contribution >= 4 is 11.8 Å². The molecule has 2 heterocycles. The molecule has 1 aliphatic heterocycles. The Morgan fingerprint density at radius 3 is 2.87 bits per heavy atom. The minimum atomic E-state index is -0.765. The zero-order chi connectivity index (χ0) is 10.7. The highest BCUT2D eigenvalue weighted by molar-refractivity contribution is 7.98. The molecule has 0 amide bonds. The Hall–Kier alpha value is -0.650.